The number of carboxylic acid groups (broad SMARTS) is 1. The lowest BCUT2D eigenvalue weighted by Gasteiger charge is -2.56. The van der Waals surface area contributed by atoms with Crippen molar-refractivity contribution in [2.75, 3.05) is 19.6 Å². The third-order valence-electron chi connectivity index (χ3n) is 4.62. The van der Waals surface area contributed by atoms with Gasteiger partial charge in [0.1, 0.15) is 0 Å². The zero-order valence-electron chi connectivity index (χ0n) is 11.9. The molecule has 0 aromatic heterocycles. The lowest BCUT2D eigenvalue weighted by atomic mass is 9.76. The Morgan fingerprint density at radius 1 is 1.06 bits per heavy atom. The van der Waals surface area contributed by atoms with Crippen molar-refractivity contribution in [2.24, 2.45) is 0 Å². The first kappa shape index (κ1) is 13.7. The predicted molar refractivity (Wildman–Crippen MR) is 71.9 cm³/mol. The summed E-state index contributed by atoms with van der Waals surface area (Å²) in [4.78, 5) is 15.2. The normalized spacial score (nSPS) is 25.4. The van der Waals surface area contributed by atoms with Gasteiger partial charge in [-0.2, -0.15) is 0 Å². The molecule has 1 spiro atoms. The van der Waals surface area contributed by atoms with Crippen molar-refractivity contribution in [3.05, 3.63) is 0 Å². The van der Waals surface area contributed by atoms with Gasteiger partial charge < -0.3 is 10.0 Å². The maximum absolute atomic E-state index is 11.0. The van der Waals surface area contributed by atoms with Gasteiger partial charge >= 0.3 is 6.09 Å². The number of rotatable bonds is 0. The lowest BCUT2D eigenvalue weighted by molar-refractivity contribution is -0.0574. The Bertz CT molecular complexity index is 314. The number of nitrogens with zero attached hydrogens (tertiary/aromatic N) is 2. The molecule has 2 heterocycles. The Kier molecular flexibility index (Phi) is 3.58. The van der Waals surface area contributed by atoms with Crippen LogP contribution < -0.4 is 0 Å². The van der Waals surface area contributed by atoms with Crippen molar-refractivity contribution in [2.45, 2.75) is 64.0 Å². The van der Waals surface area contributed by atoms with Gasteiger partial charge in [0.15, 0.2) is 0 Å². The van der Waals surface area contributed by atoms with Gasteiger partial charge in [-0.3, -0.25) is 4.90 Å². The van der Waals surface area contributed by atoms with Crippen LogP contribution in [0.15, 0.2) is 0 Å². The molecule has 2 aliphatic rings. The summed E-state index contributed by atoms with van der Waals surface area (Å²) in [5, 5.41) is 9.06. The second-order valence-electron chi connectivity index (χ2n) is 6.77. The Morgan fingerprint density at radius 2 is 1.67 bits per heavy atom. The van der Waals surface area contributed by atoms with Gasteiger partial charge in [-0.1, -0.05) is 6.42 Å². The molecule has 2 rings (SSSR count). The zero-order chi connectivity index (χ0) is 13.4. The smallest absolute Gasteiger partial charge is 0.407 e. The second-order valence-corrected chi connectivity index (χ2v) is 6.77. The highest BCUT2D eigenvalue weighted by Gasteiger charge is 2.45. The standard InChI is InChI=1S/C14H26N2O2/c1-13(2,3)16-9-5-4-6-14(16)7-10-15(11-8-14)12(17)18/h4-11H2,1-3H3,(H,17,18). The third kappa shape index (κ3) is 2.48. The van der Waals surface area contributed by atoms with E-state index in [9.17, 15) is 4.79 Å². The van der Waals surface area contributed by atoms with E-state index in [1.165, 1.54) is 19.3 Å². The molecule has 1 amide bonds. The summed E-state index contributed by atoms with van der Waals surface area (Å²) in [7, 11) is 0. The van der Waals surface area contributed by atoms with Crippen LogP contribution in [-0.4, -0.2) is 51.7 Å². The molecule has 18 heavy (non-hydrogen) atoms. The highest BCUT2D eigenvalue weighted by molar-refractivity contribution is 5.65. The third-order valence-corrected chi connectivity index (χ3v) is 4.62. The van der Waals surface area contributed by atoms with Crippen LogP contribution in [0.4, 0.5) is 4.79 Å². The van der Waals surface area contributed by atoms with Crippen LogP contribution >= 0.6 is 0 Å². The van der Waals surface area contributed by atoms with E-state index in [1.54, 1.807) is 4.90 Å². The molecule has 4 nitrogen and oxygen atoms in total. The van der Waals surface area contributed by atoms with E-state index in [4.69, 9.17) is 5.11 Å². The quantitative estimate of drug-likeness (QED) is 0.723. The van der Waals surface area contributed by atoms with Crippen molar-refractivity contribution >= 4 is 6.09 Å². The Balaban J connectivity index is 2.12. The summed E-state index contributed by atoms with van der Waals surface area (Å²) in [5.41, 5.74) is 0.439. The molecule has 4 heteroatoms. The number of hydrogen-bond acceptors (Lipinski definition) is 2. The van der Waals surface area contributed by atoms with Crippen LogP contribution in [0.2, 0.25) is 0 Å². The minimum absolute atomic E-state index is 0.186. The molecule has 0 unspecified atom stereocenters. The van der Waals surface area contributed by atoms with Crippen LogP contribution in [0.25, 0.3) is 0 Å². The maximum Gasteiger partial charge on any atom is 0.407 e. The molecule has 2 fully saturated rings. The molecule has 2 aliphatic heterocycles. The van der Waals surface area contributed by atoms with E-state index in [1.807, 2.05) is 0 Å². The Hall–Kier alpha value is -0.770. The Morgan fingerprint density at radius 3 is 2.17 bits per heavy atom. The van der Waals surface area contributed by atoms with E-state index in [0.717, 1.165) is 19.4 Å². The van der Waals surface area contributed by atoms with Crippen LogP contribution in [0.1, 0.15) is 52.9 Å². The summed E-state index contributed by atoms with van der Waals surface area (Å²) >= 11 is 0. The number of likely N-dealkylation sites (tertiary alicyclic amines) is 2. The molecule has 0 radical (unpaired) electrons. The Labute approximate surface area is 110 Å². The first-order valence-electron chi connectivity index (χ1n) is 7.11. The van der Waals surface area contributed by atoms with Crippen molar-refractivity contribution in [1.82, 2.24) is 9.80 Å². The lowest BCUT2D eigenvalue weighted by Crippen LogP contribution is -2.63. The van der Waals surface area contributed by atoms with Gasteiger partial charge in [-0.05, 0) is 53.0 Å². The van der Waals surface area contributed by atoms with Crippen molar-refractivity contribution in [1.29, 1.82) is 0 Å². The number of amides is 1. The van der Waals surface area contributed by atoms with Crippen LogP contribution in [0, 0.1) is 0 Å². The molecule has 2 saturated heterocycles. The first-order chi connectivity index (χ1) is 8.35. The van der Waals surface area contributed by atoms with Crippen molar-refractivity contribution in [3.8, 4) is 0 Å². The average Bonchev–Trinajstić information content (AvgIpc) is 2.28. The summed E-state index contributed by atoms with van der Waals surface area (Å²) in [6.07, 6.45) is 5.04. The van der Waals surface area contributed by atoms with Gasteiger partial charge in [0.25, 0.3) is 0 Å². The van der Waals surface area contributed by atoms with Crippen LogP contribution in [0.3, 0.4) is 0 Å². The van der Waals surface area contributed by atoms with E-state index in [-0.39, 0.29) is 11.1 Å². The van der Waals surface area contributed by atoms with Gasteiger partial charge in [0.2, 0.25) is 0 Å². The van der Waals surface area contributed by atoms with Crippen molar-refractivity contribution in [3.63, 3.8) is 0 Å². The topological polar surface area (TPSA) is 43.8 Å². The molecular formula is C14H26N2O2. The van der Waals surface area contributed by atoms with E-state index < -0.39 is 6.09 Å². The van der Waals surface area contributed by atoms with Crippen LogP contribution in [0.5, 0.6) is 0 Å². The fourth-order valence-corrected chi connectivity index (χ4v) is 3.78. The zero-order valence-corrected chi connectivity index (χ0v) is 11.9. The SMILES string of the molecule is CC(C)(C)N1CCCCC12CCN(C(=O)O)CC2. The number of piperidine rings is 2. The fraction of sp³-hybridized carbons (Fsp3) is 0.929. The first-order valence-corrected chi connectivity index (χ1v) is 7.11. The van der Waals surface area contributed by atoms with E-state index in [2.05, 4.69) is 25.7 Å². The highest BCUT2D eigenvalue weighted by atomic mass is 16.4. The molecule has 0 bridgehead atoms. The number of carbonyl (C=O) groups is 1. The van der Waals surface area contributed by atoms with E-state index >= 15 is 0 Å². The summed E-state index contributed by atoms with van der Waals surface area (Å²) in [5.74, 6) is 0. The highest BCUT2D eigenvalue weighted by Crippen LogP contribution is 2.41. The van der Waals surface area contributed by atoms with Crippen molar-refractivity contribution < 1.29 is 9.90 Å². The largest absolute Gasteiger partial charge is 0.465 e. The molecule has 0 aromatic rings. The predicted octanol–water partition coefficient (Wildman–Crippen LogP) is 2.78. The van der Waals surface area contributed by atoms with Gasteiger partial charge in [-0.25, -0.2) is 4.79 Å². The molecule has 0 saturated carbocycles. The molecule has 0 aliphatic carbocycles. The molecule has 0 aromatic carbocycles. The summed E-state index contributed by atoms with van der Waals surface area (Å²) in [6.45, 7) is 9.40. The van der Waals surface area contributed by atoms with Gasteiger partial charge in [-0.15, -0.1) is 0 Å². The minimum Gasteiger partial charge on any atom is -0.465 e. The number of hydrogen-bond donors (Lipinski definition) is 1. The van der Waals surface area contributed by atoms with Gasteiger partial charge in [0, 0.05) is 24.2 Å². The minimum atomic E-state index is -0.761. The summed E-state index contributed by atoms with van der Waals surface area (Å²) in [6, 6.07) is 0. The molecule has 104 valence electrons. The second kappa shape index (κ2) is 4.72. The monoisotopic (exact) mass is 254 g/mol. The summed E-state index contributed by atoms with van der Waals surface area (Å²) < 4.78 is 0. The average molecular weight is 254 g/mol. The molecule has 1 N–H and O–H groups in total. The van der Waals surface area contributed by atoms with Crippen LogP contribution in [-0.2, 0) is 0 Å². The molecular weight excluding hydrogens is 228 g/mol. The fourth-order valence-electron chi connectivity index (χ4n) is 3.78. The maximum atomic E-state index is 11.0. The molecule has 0 atom stereocenters. The van der Waals surface area contributed by atoms with Gasteiger partial charge in [0.05, 0.1) is 0 Å². The van der Waals surface area contributed by atoms with E-state index in [0.29, 0.717) is 13.1 Å².